The molecule has 0 amide bonds. The highest BCUT2D eigenvalue weighted by atomic mass is 32.1. The van der Waals surface area contributed by atoms with Crippen LogP contribution in [0.2, 0.25) is 0 Å². The molecule has 2 aliphatic rings. The van der Waals surface area contributed by atoms with Crippen LogP contribution in [-0.2, 0) is 5.41 Å². The summed E-state index contributed by atoms with van der Waals surface area (Å²) in [6.45, 7) is 4.96. The highest BCUT2D eigenvalue weighted by Crippen LogP contribution is 2.48. The van der Waals surface area contributed by atoms with Crippen molar-refractivity contribution >= 4 is 99.8 Å². The molecule has 0 fully saturated rings. The summed E-state index contributed by atoms with van der Waals surface area (Å²) >= 11 is 1.92. The van der Waals surface area contributed by atoms with Crippen molar-refractivity contribution in [3.05, 3.63) is 205 Å². The van der Waals surface area contributed by atoms with E-state index in [1.54, 1.807) is 0 Å². The van der Waals surface area contributed by atoms with E-state index in [4.69, 9.17) is 0 Å². The largest absolute Gasteiger partial charge is 0.310 e. The summed E-state index contributed by atoms with van der Waals surface area (Å²) < 4.78 is 5.31. The second-order valence-corrected chi connectivity index (χ2v) is 17.2. The number of rotatable bonds is 6. The Bertz CT molecular complexity index is 3130. The summed E-state index contributed by atoms with van der Waals surface area (Å²) in [5, 5.41) is 2.64. The molecule has 5 heteroatoms. The average Bonchev–Trinajstić information content (AvgIpc) is 3.81. The van der Waals surface area contributed by atoms with Crippen molar-refractivity contribution in [3.63, 3.8) is 0 Å². The Kier molecular flexibility index (Phi) is 7.24. The summed E-state index contributed by atoms with van der Waals surface area (Å²) in [7, 11) is 0. The fraction of sp³-hybridized carbons (Fsp3) is 0.0566. The molecule has 0 spiro atoms. The van der Waals surface area contributed by atoms with Gasteiger partial charge in [-0.05, 0) is 101 Å². The number of hydrogen-bond acceptors (Lipinski definition) is 3. The third-order valence-electron chi connectivity index (χ3n) is 12.6. The topological polar surface area (TPSA) is 11.4 Å². The molecule has 3 nitrogen and oxygen atoms in total. The minimum atomic E-state index is -0.339. The van der Waals surface area contributed by atoms with Gasteiger partial charge in [-0.15, -0.1) is 11.3 Å². The van der Waals surface area contributed by atoms with Gasteiger partial charge in [-0.1, -0.05) is 135 Å². The number of para-hydroxylation sites is 5. The lowest BCUT2D eigenvalue weighted by atomic mass is 9.30. The molecule has 0 aliphatic carbocycles. The number of anilines is 6. The normalized spacial score (nSPS) is 13.4. The SMILES string of the molecule is CC1(C)c2cc(N(c3ccccc3)c3ccccc3)ccc2B2c3c(cc(N(c4ccccc4)c4ccccc4)cc31)-n1c3c2cccc3c2sc3ccccc3c21. The van der Waals surface area contributed by atoms with E-state index in [9.17, 15) is 0 Å². The molecular weight excluding hydrogens is 721 g/mol. The number of benzene rings is 8. The smallest absolute Gasteiger partial charge is 0.247 e. The Morgan fingerprint density at radius 2 is 0.983 bits per heavy atom. The molecule has 0 atom stereocenters. The van der Waals surface area contributed by atoms with Gasteiger partial charge in [0.05, 0.1) is 15.7 Å². The van der Waals surface area contributed by atoms with Crippen LogP contribution in [0.15, 0.2) is 194 Å². The van der Waals surface area contributed by atoms with Crippen LogP contribution < -0.4 is 26.2 Å². The molecular formula is C53H38BN3S. The van der Waals surface area contributed by atoms with E-state index in [0.717, 1.165) is 34.1 Å². The van der Waals surface area contributed by atoms with Crippen molar-refractivity contribution in [2.75, 3.05) is 9.80 Å². The number of aromatic nitrogens is 1. The maximum atomic E-state index is 2.63. The summed E-state index contributed by atoms with van der Waals surface area (Å²) in [6, 6.07) is 71.4. The quantitative estimate of drug-likeness (QED) is 0.156. The van der Waals surface area contributed by atoms with Crippen molar-refractivity contribution in [3.8, 4) is 5.69 Å². The minimum Gasteiger partial charge on any atom is -0.310 e. The predicted octanol–water partition coefficient (Wildman–Crippen LogP) is 12.4. The Labute approximate surface area is 342 Å². The second kappa shape index (κ2) is 12.6. The van der Waals surface area contributed by atoms with Crippen molar-refractivity contribution in [1.82, 2.24) is 4.57 Å². The predicted molar refractivity (Wildman–Crippen MR) is 249 cm³/mol. The van der Waals surface area contributed by atoms with Gasteiger partial charge in [0, 0.05) is 60.7 Å². The Morgan fingerprint density at radius 1 is 0.448 bits per heavy atom. The molecule has 0 saturated heterocycles. The first kappa shape index (κ1) is 33.3. The van der Waals surface area contributed by atoms with Gasteiger partial charge in [0.1, 0.15) is 0 Å². The fourth-order valence-electron chi connectivity index (χ4n) is 10.1. The number of thiophene rings is 1. The second-order valence-electron chi connectivity index (χ2n) is 16.1. The number of fused-ring (bicyclic) bond motifs is 9. The Morgan fingerprint density at radius 3 is 1.60 bits per heavy atom. The van der Waals surface area contributed by atoms with Crippen molar-refractivity contribution < 1.29 is 0 Å². The average molecular weight is 760 g/mol. The lowest BCUT2D eigenvalue weighted by Crippen LogP contribution is -2.63. The molecule has 0 N–H and O–H groups in total. The van der Waals surface area contributed by atoms with Gasteiger partial charge in [-0.3, -0.25) is 0 Å². The zero-order chi connectivity index (χ0) is 38.5. The Hall–Kier alpha value is -6.82. The minimum absolute atomic E-state index is 0.0754. The zero-order valence-electron chi connectivity index (χ0n) is 32.3. The molecule has 12 rings (SSSR count). The molecule has 4 heterocycles. The molecule has 2 aromatic heterocycles. The molecule has 274 valence electrons. The van der Waals surface area contributed by atoms with Crippen LogP contribution in [0, 0.1) is 0 Å². The zero-order valence-corrected chi connectivity index (χ0v) is 33.1. The lowest BCUT2D eigenvalue weighted by Gasteiger charge is -2.43. The van der Waals surface area contributed by atoms with E-state index in [0.29, 0.717) is 0 Å². The summed E-state index contributed by atoms with van der Waals surface area (Å²) in [5.41, 5.74) is 17.3. The van der Waals surface area contributed by atoms with E-state index in [1.165, 1.54) is 64.4 Å². The van der Waals surface area contributed by atoms with E-state index < -0.39 is 0 Å². The van der Waals surface area contributed by atoms with Crippen LogP contribution in [-0.4, -0.2) is 11.3 Å². The molecule has 0 saturated carbocycles. The summed E-state index contributed by atoms with van der Waals surface area (Å²) in [5.74, 6) is 0. The molecule has 0 radical (unpaired) electrons. The third-order valence-corrected chi connectivity index (χ3v) is 13.8. The van der Waals surface area contributed by atoms with Crippen LogP contribution >= 0.6 is 11.3 Å². The first-order chi connectivity index (χ1) is 28.6. The van der Waals surface area contributed by atoms with Crippen LogP contribution in [0.4, 0.5) is 34.1 Å². The van der Waals surface area contributed by atoms with Crippen molar-refractivity contribution in [1.29, 1.82) is 0 Å². The number of hydrogen-bond donors (Lipinski definition) is 0. The molecule has 0 unspecified atom stereocenters. The van der Waals surface area contributed by atoms with E-state index in [2.05, 4.69) is 222 Å². The van der Waals surface area contributed by atoms with Crippen LogP contribution in [0.25, 0.3) is 36.9 Å². The number of nitrogens with zero attached hydrogens (tertiary/aromatic N) is 3. The van der Waals surface area contributed by atoms with Gasteiger partial charge in [0.15, 0.2) is 0 Å². The first-order valence-corrected chi connectivity index (χ1v) is 21.0. The maximum absolute atomic E-state index is 2.63. The van der Waals surface area contributed by atoms with Gasteiger partial charge in [0.2, 0.25) is 6.71 Å². The van der Waals surface area contributed by atoms with Gasteiger partial charge < -0.3 is 14.4 Å². The molecule has 8 aromatic carbocycles. The van der Waals surface area contributed by atoms with E-state index >= 15 is 0 Å². The maximum Gasteiger partial charge on any atom is 0.247 e. The molecule has 2 aliphatic heterocycles. The van der Waals surface area contributed by atoms with Crippen molar-refractivity contribution in [2.24, 2.45) is 0 Å². The molecule has 0 bridgehead atoms. The first-order valence-electron chi connectivity index (χ1n) is 20.1. The van der Waals surface area contributed by atoms with Crippen LogP contribution in [0.3, 0.4) is 0 Å². The van der Waals surface area contributed by atoms with E-state index in [-0.39, 0.29) is 12.1 Å². The third kappa shape index (κ3) is 4.74. The summed E-state index contributed by atoms with van der Waals surface area (Å²) in [4.78, 5) is 4.83. The van der Waals surface area contributed by atoms with Crippen molar-refractivity contribution in [2.45, 2.75) is 19.3 Å². The van der Waals surface area contributed by atoms with Crippen LogP contribution in [0.5, 0.6) is 0 Å². The van der Waals surface area contributed by atoms with Gasteiger partial charge >= 0.3 is 0 Å². The Balaban J connectivity index is 1.19. The lowest BCUT2D eigenvalue weighted by molar-refractivity contribution is 0.645. The van der Waals surface area contributed by atoms with Gasteiger partial charge in [-0.2, -0.15) is 0 Å². The van der Waals surface area contributed by atoms with Crippen LogP contribution in [0.1, 0.15) is 25.0 Å². The summed E-state index contributed by atoms with van der Waals surface area (Å²) in [6.07, 6.45) is 0. The molecule has 10 aromatic rings. The monoisotopic (exact) mass is 759 g/mol. The highest BCUT2D eigenvalue weighted by molar-refractivity contribution is 7.26. The standard InChI is InChI=1S/C53H38BN3S/c1-53(2)43-32-39(55(35-18-7-3-8-19-35)36-20-9-4-10-21-36)30-31-45(43)54-46-28-17-27-42-50(46)57(51-41-26-15-16-29-48(41)58-52(42)51)47-34-40(33-44(53)49(47)54)56(37-22-11-5-12-23-37)38-24-13-6-14-25-38/h3-34H,1-2H3. The highest BCUT2D eigenvalue weighted by Gasteiger charge is 2.46. The van der Waals surface area contributed by atoms with E-state index in [1.807, 2.05) is 11.3 Å². The van der Waals surface area contributed by atoms with Gasteiger partial charge in [0.25, 0.3) is 0 Å². The van der Waals surface area contributed by atoms with Gasteiger partial charge in [-0.25, -0.2) is 0 Å². The molecule has 58 heavy (non-hydrogen) atoms. The fourth-order valence-corrected chi connectivity index (χ4v) is 11.3.